The van der Waals surface area contributed by atoms with E-state index in [-0.39, 0.29) is 6.04 Å². The van der Waals surface area contributed by atoms with Crippen LogP contribution in [0.5, 0.6) is 0 Å². The first-order valence-corrected chi connectivity index (χ1v) is 8.89. The summed E-state index contributed by atoms with van der Waals surface area (Å²) in [6, 6.07) is 2.33. The lowest BCUT2D eigenvalue weighted by Gasteiger charge is -2.38. The monoisotopic (exact) mass is 332 g/mol. The zero-order chi connectivity index (χ0) is 17.2. The van der Waals surface area contributed by atoms with Crippen molar-refractivity contribution in [2.45, 2.75) is 58.2 Å². The molecular weight excluding hydrogens is 304 g/mol. The summed E-state index contributed by atoms with van der Waals surface area (Å²) in [5, 5.41) is 23.8. The van der Waals surface area contributed by atoms with Crippen LogP contribution in [0.25, 0.3) is 0 Å². The molecule has 132 valence electrons. The van der Waals surface area contributed by atoms with Crippen molar-refractivity contribution >= 4 is 0 Å². The lowest BCUT2D eigenvalue weighted by Crippen LogP contribution is -2.47. The molecular formula is C17H28N6O. The maximum absolute atomic E-state index is 11.1. The highest BCUT2D eigenvalue weighted by atomic mass is 16.3. The lowest BCUT2D eigenvalue weighted by atomic mass is 9.90. The maximum Gasteiger partial charge on any atom is 0.123 e. The van der Waals surface area contributed by atoms with Gasteiger partial charge in [0.1, 0.15) is 11.3 Å². The van der Waals surface area contributed by atoms with Crippen LogP contribution in [-0.4, -0.2) is 54.4 Å². The molecule has 7 heteroatoms. The van der Waals surface area contributed by atoms with Gasteiger partial charge >= 0.3 is 0 Å². The van der Waals surface area contributed by atoms with Crippen molar-refractivity contribution in [2.75, 3.05) is 19.6 Å². The number of aliphatic hydroxyl groups is 1. The molecule has 24 heavy (non-hydrogen) atoms. The molecule has 1 unspecified atom stereocenters. The second-order valence-electron chi connectivity index (χ2n) is 6.98. The van der Waals surface area contributed by atoms with Crippen molar-refractivity contribution in [1.82, 2.24) is 29.7 Å². The highest BCUT2D eigenvalue weighted by Gasteiger charge is 2.37. The first-order chi connectivity index (χ1) is 11.5. The molecule has 3 rings (SSSR count). The minimum Gasteiger partial charge on any atom is -0.382 e. The first kappa shape index (κ1) is 17.1. The van der Waals surface area contributed by atoms with E-state index in [4.69, 9.17) is 0 Å². The quantitative estimate of drug-likeness (QED) is 0.870. The predicted molar refractivity (Wildman–Crippen MR) is 91.6 cm³/mol. The number of aromatic nitrogens is 5. The maximum atomic E-state index is 11.1. The SMILES string of the molecule is CCn1nccc1CCN1CCCC(O)(c2cn(C(C)C)nn2)C1. The van der Waals surface area contributed by atoms with Gasteiger partial charge in [-0.1, -0.05) is 5.21 Å². The number of nitrogens with zero attached hydrogens (tertiary/aromatic N) is 6. The van der Waals surface area contributed by atoms with Gasteiger partial charge in [0.05, 0.1) is 6.20 Å². The molecule has 0 saturated carbocycles. The number of likely N-dealkylation sites (tertiary alicyclic amines) is 1. The van der Waals surface area contributed by atoms with Gasteiger partial charge in [0.25, 0.3) is 0 Å². The normalized spacial score (nSPS) is 22.4. The summed E-state index contributed by atoms with van der Waals surface area (Å²) in [5.74, 6) is 0. The van der Waals surface area contributed by atoms with Crippen molar-refractivity contribution in [3.05, 3.63) is 29.8 Å². The Hall–Kier alpha value is -1.73. The molecule has 0 aromatic carbocycles. The molecule has 1 aliphatic heterocycles. The van der Waals surface area contributed by atoms with Gasteiger partial charge in [-0.15, -0.1) is 5.10 Å². The standard InChI is InChI=1S/C17H28N6O/c1-4-22-15(6-9-18-22)7-11-21-10-5-8-17(24,13-21)16-12-23(14(2)3)20-19-16/h6,9,12,14,24H,4-5,7-8,10-11,13H2,1-3H3. The number of hydrogen-bond donors (Lipinski definition) is 1. The van der Waals surface area contributed by atoms with Crippen molar-refractivity contribution in [1.29, 1.82) is 0 Å². The Labute approximate surface area is 143 Å². The van der Waals surface area contributed by atoms with Crippen LogP contribution in [0.1, 0.15) is 51.0 Å². The average molecular weight is 332 g/mol. The van der Waals surface area contributed by atoms with Gasteiger partial charge in [-0.05, 0) is 46.2 Å². The molecule has 3 heterocycles. The second-order valence-corrected chi connectivity index (χ2v) is 6.98. The van der Waals surface area contributed by atoms with Crippen molar-refractivity contribution in [3.8, 4) is 0 Å². The van der Waals surface area contributed by atoms with E-state index in [2.05, 4.69) is 47.1 Å². The van der Waals surface area contributed by atoms with Crippen LogP contribution in [-0.2, 0) is 18.6 Å². The number of rotatable bonds is 6. The van der Waals surface area contributed by atoms with Crippen LogP contribution in [0, 0.1) is 0 Å². The Kier molecular flexibility index (Phi) is 5.01. The summed E-state index contributed by atoms with van der Waals surface area (Å²) in [7, 11) is 0. The highest BCUT2D eigenvalue weighted by Crippen LogP contribution is 2.30. The molecule has 2 aromatic heterocycles. The molecule has 1 fully saturated rings. The lowest BCUT2D eigenvalue weighted by molar-refractivity contribution is -0.0386. The third-order valence-corrected chi connectivity index (χ3v) is 4.85. The average Bonchev–Trinajstić information content (AvgIpc) is 3.22. The Morgan fingerprint density at radius 3 is 2.92 bits per heavy atom. The molecule has 7 nitrogen and oxygen atoms in total. The van der Waals surface area contributed by atoms with E-state index >= 15 is 0 Å². The molecule has 0 amide bonds. The molecule has 0 spiro atoms. The number of hydrogen-bond acceptors (Lipinski definition) is 5. The van der Waals surface area contributed by atoms with Crippen LogP contribution in [0.3, 0.4) is 0 Å². The molecule has 1 atom stereocenters. The van der Waals surface area contributed by atoms with E-state index in [1.807, 2.05) is 21.8 Å². The van der Waals surface area contributed by atoms with Crippen molar-refractivity contribution in [3.63, 3.8) is 0 Å². The third kappa shape index (κ3) is 3.52. The number of piperidine rings is 1. The van der Waals surface area contributed by atoms with E-state index in [1.165, 1.54) is 5.69 Å². The Bertz CT molecular complexity index is 664. The zero-order valence-corrected chi connectivity index (χ0v) is 14.9. The molecule has 2 aromatic rings. The van der Waals surface area contributed by atoms with Crippen LogP contribution >= 0.6 is 0 Å². The van der Waals surface area contributed by atoms with Gasteiger partial charge in [-0.3, -0.25) is 9.58 Å². The Balaban J connectivity index is 1.64. The minimum atomic E-state index is -0.892. The van der Waals surface area contributed by atoms with Gasteiger partial charge in [0, 0.05) is 44.0 Å². The summed E-state index contributed by atoms with van der Waals surface area (Å²) < 4.78 is 3.84. The first-order valence-electron chi connectivity index (χ1n) is 8.89. The summed E-state index contributed by atoms with van der Waals surface area (Å²) in [6.07, 6.45) is 6.41. The van der Waals surface area contributed by atoms with E-state index in [0.29, 0.717) is 12.2 Å². The van der Waals surface area contributed by atoms with Gasteiger partial charge in [-0.2, -0.15) is 5.10 Å². The smallest absolute Gasteiger partial charge is 0.123 e. The largest absolute Gasteiger partial charge is 0.382 e. The molecule has 0 radical (unpaired) electrons. The van der Waals surface area contributed by atoms with Crippen LogP contribution in [0.15, 0.2) is 18.5 Å². The topological polar surface area (TPSA) is 72.0 Å². The van der Waals surface area contributed by atoms with Gasteiger partial charge < -0.3 is 5.11 Å². The van der Waals surface area contributed by atoms with Gasteiger partial charge in [0.2, 0.25) is 0 Å². The molecule has 1 N–H and O–H groups in total. The van der Waals surface area contributed by atoms with Gasteiger partial charge in [-0.25, -0.2) is 4.68 Å². The predicted octanol–water partition coefficient (Wildman–Crippen LogP) is 1.60. The Morgan fingerprint density at radius 1 is 1.38 bits per heavy atom. The van der Waals surface area contributed by atoms with E-state index in [9.17, 15) is 5.11 Å². The zero-order valence-electron chi connectivity index (χ0n) is 14.9. The summed E-state index contributed by atoms with van der Waals surface area (Å²) in [4.78, 5) is 2.32. The fourth-order valence-electron chi connectivity index (χ4n) is 3.40. The fourth-order valence-corrected chi connectivity index (χ4v) is 3.40. The molecule has 0 bridgehead atoms. The summed E-state index contributed by atoms with van der Waals surface area (Å²) in [5.41, 5.74) is 1.05. The van der Waals surface area contributed by atoms with E-state index in [1.54, 1.807) is 0 Å². The number of β-amino-alcohol motifs (C(OH)–C–C–N with tert-alkyl or cyclic N) is 1. The van der Waals surface area contributed by atoms with Gasteiger partial charge in [0.15, 0.2) is 0 Å². The summed E-state index contributed by atoms with van der Waals surface area (Å²) >= 11 is 0. The highest BCUT2D eigenvalue weighted by molar-refractivity contribution is 5.10. The minimum absolute atomic E-state index is 0.254. The van der Waals surface area contributed by atoms with Crippen molar-refractivity contribution < 1.29 is 5.11 Å². The summed E-state index contributed by atoms with van der Waals surface area (Å²) in [6.45, 7) is 9.68. The third-order valence-electron chi connectivity index (χ3n) is 4.85. The van der Waals surface area contributed by atoms with Crippen LogP contribution < -0.4 is 0 Å². The molecule has 0 aliphatic carbocycles. The number of aryl methyl sites for hydroxylation is 1. The molecule has 1 aliphatic rings. The van der Waals surface area contributed by atoms with Crippen LogP contribution in [0.2, 0.25) is 0 Å². The van der Waals surface area contributed by atoms with E-state index < -0.39 is 5.60 Å². The second kappa shape index (κ2) is 7.03. The fraction of sp³-hybridized carbons (Fsp3) is 0.706. The van der Waals surface area contributed by atoms with Crippen LogP contribution in [0.4, 0.5) is 0 Å². The molecule has 1 saturated heterocycles. The van der Waals surface area contributed by atoms with E-state index in [0.717, 1.165) is 38.9 Å². The van der Waals surface area contributed by atoms with Crippen molar-refractivity contribution in [2.24, 2.45) is 0 Å². The Morgan fingerprint density at radius 2 is 2.21 bits per heavy atom.